The summed E-state index contributed by atoms with van der Waals surface area (Å²) in [5.74, 6) is -1.49. The number of hydrogen-bond donors (Lipinski definition) is 2. The van der Waals surface area contributed by atoms with Gasteiger partial charge in [-0.25, -0.2) is 0 Å². The van der Waals surface area contributed by atoms with E-state index < -0.39 is 11.9 Å². The minimum absolute atomic E-state index is 0.275. The summed E-state index contributed by atoms with van der Waals surface area (Å²) in [6.07, 6.45) is 0. The van der Waals surface area contributed by atoms with Crippen molar-refractivity contribution in [3.8, 4) is 0 Å². The van der Waals surface area contributed by atoms with Gasteiger partial charge in [-0.3, -0.25) is 4.79 Å². The quantitative estimate of drug-likeness (QED) is 0.867. The molecule has 1 unspecified atom stereocenters. The Hall–Kier alpha value is -1.71. The van der Waals surface area contributed by atoms with Gasteiger partial charge in [-0.15, -0.1) is 0 Å². The molecule has 0 amide bonds. The molecule has 0 fully saturated rings. The fourth-order valence-corrected chi connectivity index (χ4v) is 2.16. The van der Waals surface area contributed by atoms with E-state index in [2.05, 4.69) is 5.32 Å². The molecule has 5 heteroatoms. The summed E-state index contributed by atoms with van der Waals surface area (Å²) in [5.41, 5.74) is 1.49. The van der Waals surface area contributed by atoms with Crippen molar-refractivity contribution in [1.82, 2.24) is 0 Å². The number of benzene rings is 2. The number of anilines is 1. The zero-order valence-corrected chi connectivity index (χ0v) is 12.0. The first-order valence-corrected chi connectivity index (χ1v) is 6.80. The molecule has 0 aromatic heterocycles. The van der Waals surface area contributed by atoms with Crippen molar-refractivity contribution in [3.63, 3.8) is 0 Å². The van der Waals surface area contributed by atoms with Crippen LogP contribution in [0.5, 0.6) is 0 Å². The fraction of sp³-hybridized carbons (Fsp3) is 0.133. The minimum atomic E-state index is -0.872. The maximum absolute atomic E-state index is 11.4. The van der Waals surface area contributed by atoms with Gasteiger partial charge in [0.25, 0.3) is 0 Å². The van der Waals surface area contributed by atoms with Crippen LogP contribution in [0.25, 0.3) is 0 Å². The van der Waals surface area contributed by atoms with Crippen molar-refractivity contribution in [2.75, 3.05) is 11.9 Å². The van der Waals surface area contributed by atoms with Crippen LogP contribution in [-0.4, -0.2) is 17.6 Å². The van der Waals surface area contributed by atoms with E-state index in [1.165, 1.54) is 0 Å². The molecule has 3 nitrogen and oxygen atoms in total. The number of aliphatic carboxylic acids is 1. The lowest BCUT2D eigenvalue weighted by atomic mass is 9.99. The first-order valence-electron chi connectivity index (χ1n) is 6.04. The minimum Gasteiger partial charge on any atom is -0.481 e. The summed E-state index contributed by atoms with van der Waals surface area (Å²) in [4.78, 5) is 11.4. The van der Waals surface area contributed by atoms with Crippen LogP contribution in [-0.2, 0) is 4.79 Å². The van der Waals surface area contributed by atoms with Gasteiger partial charge < -0.3 is 10.4 Å². The molecule has 0 saturated carbocycles. The SMILES string of the molecule is O=C(O)C(CNc1ccc(Cl)c(Cl)c1)c1ccccc1. The molecule has 104 valence electrons. The zero-order valence-electron chi connectivity index (χ0n) is 10.5. The van der Waals surface area contributed by atoms with Crippen molar-refractivity contribution in [2.24, 2.45) is 0 Å². The molecular weight excluding hydrogens is 297 g/mol. The maximum atomic E-state index is 11.4. The Morgan fingerprint density at radius 1 is 1.10 bits per heavy atom. The van der Waals surface area contributed by atoms with E-state index in [4.69, 9.17) is 23.2 Å². The molecule has 0 bridgehead atoms. The largest absolute Gasteiger partial charge is 0.481 e. The highest BCUT2D eigenvalue weighted by Crippen LogP contribution is 2.25. The number of carboxylic acids is 1. The van der Waals surface area contributed by atoms with E-state index in [0.717, 1.165) is 11.3 Å². The molecule has 2 aromatic rings. The topological polar surface area (TPSA) is 49.3 Å². The maximum Gasteiger partial charge on any atom is 0.312 e. The van der Waals surface area contributed by atoms with Gasteiger partial charge in [0.2, 0.25) is 0 Å². The molecule has 0 aliphatic carbocycles. The Labute approximate surface area is 127 Å². The highest BCUT2D eigenvalue weighted by molar-refractivity contribution is 6.42. The molecule has 20 heavy (non-hydrogen) atoms. The average molecular weight is 310 g/mol. The second-order valence-electron chi connectivity index (χ2n) is 4.31. The molecular formula is C15H13Cl2NO2. The predicted octanol–water partition coefficient (Wildman–Crippen LogP) is 4.27. The number of hydrogen-bond acceptors (Lipinski definition) is 2. The van der Waals surface area contributed by atoms with Crippen LogP contribution in [0.2, 0.25) is 10.0 Å². The van der Waals surface area contributed by atoms with Gasteiger partial charge in [0.1, 0.15) is 0 Å². The summed E-state index contributed by atoms with van der Waals surface area (Å²) in [6.45, 7) is 0.275. The number of halogens is 2. The van der Waals surface area contributed by atoms with Crippen molar-refractivity contribution in [1.29, 1.82) is 0 Å². The average Bonchev–Trinajstić information content (AvgIpc) is 2.44. The lowest BCUT2D eigenvalue weighted by Gasteiger charge is -2.15. The summed E-state index contributed by atoms with van der Waals surface area (Å²) >= 11 is 11.8. The lowest BCUT2D eigenvalue weighted by Crippen LogP contribution is -2.20. The standard InChI is InChI=1S/C15H13Cl2NO2/c16-13-7-6-11(8-14(13)17)18-9-12(15(19)20)10-4-2-1-3-5-10/h1-8,12,18H,9H2,(H,19,20). The number of carbonyl (C=O) groups is 1. The first-order chi connectivity index (χ1) is 9.58. The third-order valence-corrected chi connectivity index (χ3v) is 3.67. The van der Waals surface area contributed by atoms with E-state index >= 15 is 0 Å². The Kier molecular flexibility index (Phi) is 4.88. The summed E-state index contributed by atoms with van der Waals surface area (Å²) < 4.78 is 0. The van der Waals surface area contributed by atoms with Crippen LogP contribution in [0.3, 0.4) is 0 Å². The first kappa shape index (κ1) is 14.7. The summed E-state index contributed by atoms with van der Waals surface area (Å²) in [6, 6.07) is 14.2. The van der Waals surface area contributed by atoms with E-state index in [0.29, 0.717) is 10.0 Å². The van der Waals surface area contributed by atoms with Crippen molar-refractivity contribution < 1.29 is 9.90 Å². The molecule has 1 atom stereocenters. The van der Waals surface area contributed by atoms with Gasteiger partial charge in [0.15, 0.2) is 0 Å². The Balaban J connectivity index is 2.10. The molecule has 2 aromatic carbocycles. The molecule has 0 saturated heterocycles. The Morgan fingerprint density at radius 2 is 1.80 bits per heavy atom. The van der Waals surface area contributed by atoms with Gasteiger partial charge in [0.05, 0.1) is 16.0 Å². The Morgan fingerprint density at radius 3 is 2.40 bits per heavy atom. The molecule has 0 heterocycles. The highest BCUT2D eigenvalue weighted by Gasteiger charge is 2.19. The number of nitrogens with one attached hydrogen (secondary N) is 1. The normalized spacial score (nSPS) is 11.9. The van der Waals surface area contributed by atoms with Crippen LogP contribution < -0.4 is 5.32 Å². The second-order valence-corrected chi connectivity index (χ2v) is 5.13. The monoisotopic (exact) mass is 309 g/mol. The van der Waals surface area contributed by atoms with Gasteiger partial charge in [-0.1, -0.05) is 53.5 Å². The van der Waals surface area contributed by atoms with Crippen LogP contribution >= 0.6 is 23.2 Å². The second kappa shape index (κ2) is 6.64. The summed E-state index contributed by atoms with van der Waals surface area (Å²) in [5, 5.41) is 13.3. The van der Waals surface area contributed by atoms with E-state index in [1.807, 2.05) is 18.2 Å². The zero-order chi connectivity index (χ0) is 14.5. The van der Waals surface area contributed by atoms with Gasteiger partial charge >= 0.3 is 5.97 Å². The molecule has 0 aliphatic heterocycles. The van der Waals surface area contributed by atoms with Gasteiger partial charge in [-0.05, 0) is 23.8 Å². The number of carboxylic acid groups (broad SMARTS) is 1. The lowest BCUT2D eigenvalue weighted by molar-refractivity contribution is -0.138. The predicted molar refractivity (Wildman–Crippen MR) is 81.8 cm³/mol. The van der Waals surface area contributed by atoms with Crippen LogP contribution in [0.4, 0.5) is 5.69 Å². The highest BCUT2D eigenvalue weighted by atomic mass is 35.5. The molecule has 2 rings (SSSR count). The fourth-order valence-electron chi connectivity index (χ4n) is 1.86. The van der Waals surface area contributed by atoms with Crippen LogP contribution in [0.1, 0.15) is 11.5 Å². The number of rotatable bonds is 5. The summed E-state index contributed by atoms with van der Waals surface area (Å²) in [7, 11) is 0. The van der Waals surface area contributed by atoms with Crippen LogP contribution in [0.15, 0.2) is 48.5 Å². The van der Waals surface area contributed by atoms with Crippen LogP contribution in [0, 0.1) is 0 Å². The molecule has 0 aliphatic rings. The van der Waals surface area contributed by atoms with Crippen molar-refractivity contribution in [3.05, 3.63) is 64.1 Å². The van der Waals surface area contributed by atoms with Gasteiger partial charge in [0, 0.05) is 12.2 Å². The van der Waals surface area contributed by atoms with E-state index in [-0.39, 0.29) is 6.54 Å². The third-order valence-electron chi connectivity index (χ3n) is 2.93. The van der Waals surface area contributed by atoms with E-state index in [9.17, 15) is 9.90 Å². The van der Waals surface area contributed by atoms with Crippen molar-refractivity contribution >= 4 is 34.9 Å². The van der Waals surface area contributed by atoms with E-state index in [1.54, 1.807) is 30.3 Å². The van der Waals surface area contributed by atoms with Gasteiger partial charge in [-0.2, -0.15) is 0 Å². The Bertz CT molecular complexity index is 602. The molecule has 0 radical (unpaired) electrons. The molecule has 0 spiro atoms. The smallest absolute Gasteiger partial charge is 0.312 e. The van der Waals surface area contributed by atoms with Crippen molar-refractivity contribution in [2.45, 2.75) is 5.92 Å². The molecule has 2 N–H and O–H groups in total. The third kappa shape index (κ3) is 3.65.